The van der Waals surface area contributed by atoms with E-state index in [2.05, 4.69) is 24.9 Å². The monoisotopic (exact) mass is 121 g/mol. The molecular formula is C8H11N. The van der Waals surface area contributed by atoms with E-state index in [-0.39, 0.29) is 0 Å². The average molecular weight is 121 g/mol. The zero-order chi connectivity index (χ0) is 6.69. The number of hydrogen-bond acceptors (Lipinski definition) is 1. The Balaban J connectivity index is 2.85. The second-order valence-electron chi connectivity index (χ2n) is 2.25. The van der Waals surface area contributed by atoms with Gasteiger partial charge in [0.25, 0.3) is 0 Å². The van der Waals surface area contributed by atoms with Crippen LogP contribution in [0.1, 0.15) is 13.8 Å². The summed E-state index contributed by atoms with van der Waals surface area (Å²) in [4.78, 5) is 4.09. The summed E-state index contributed by atoms with van der Waals surface area (Å²) < 4.78 is 0. The third-order valence-corrected chi connectivity index (χ3v) is 1.55. The van der Waals surface area contributed by atoms with Crippen LogP contribution in [0.5, 0.6) is 0 Å². The first kappa shape index (κ1) is 6.27. The van der Waals surface area contributed by atoms with E-state index in [9.17, 15) is 0 Å². The fourth-order valence-corrected chi connectivity index (χ4v) is 0.707. The molecule has 1 rings (SSSR count). The lowest BCUT2D eigenvalue weighted by molar-refractivity contribution is 1.23. The van der Waals surface area contributed by atoms with Crippen molar-refractivity contribution in [1.29, 1.82) is 0 Å². The molecule has 0 N–H and O–H groups in total. The first-order chi connectivity index (χ1) is 4.30. The van der Waals surface area contributed by atoms with E-state index >= 15 is 0 Å². The molecule has 0 bridgehead atoms. The van der Waals surface area contributed by atoms with Crippen molar-refractivity contribution in [2.24, 2.45) is 4.99 Å². The summed E-state index contributed by atoms with van der Waals surface area (Å²) in [5.41, 5.74) is 2.66. The van der Waals surface area contributed by atoms with Crippen molar-refractivity contribution in [3.05, 3.63) is 23.3 Å². The van der Waals surface area contributed by atoms with Gasteiger partial charge in [-0.2, -0.15) is 0 Å². The lowest BCUT2D eigenvalue weighted by Gasteiger charge is -1.94. The lowest BCUT2D eigenvalue weighted by Crippen LogP contribution is -1.77. The predicted octanol–water partition coefficient (Wildman–Crippen LogP) is 1.96. The number of allylic oxidation sites excluding steroid dienone is 3. The highest BCUT2D eigenvalue weighted by atomic mass is 14.7. The van der Waals surface area contributed by atoms with Crippen LogP contribution in [0.2, 0.25) is 0 Å². The van der Waals surface area contributed by atoms with E-state index in [1.165, 1.54) is 11.1 Å². The molecule has 0 atom stereocenters. The summed E-state index contributed by atoms with van der Waals surface area (Å²) in [6.45, 7) is 5.04. The van der Waals surface area contributed by atoms with Crippen molar-refractivity contribution >= 4 is 6.21 Å². The minimum atomic E-state index is 0.833. The number of nitrogens with zero attached hydrogens (tertiary/aromatic N) is 1. The van der Waals surface area contributed by atoms with E-state index in [0.29, 0.717) is 0 Å². The summed E-state index contributed by atoms with van der Waals surface area (Å²) in [5.74, 6) is 0. The van der Waals surface area contributed by atoms with Crippen LogP contribution in [-0.2, 0) is 0 Å². The Morgan fingerprint density at radius 3 is 2.89 bits per heavy atom. The first-order valence-corrected chi connectivity index (χ1v) is 3.14. The molecule has 0 aliphatic carbocycles. The van der Waals surface area contributed by atoms with Crippen molar-refractivity contribution in [1.82, 2.24) is 0 Å². The second kappa shape index (κ2) is 2.62. The van der Waals surface area contributed by atoms with Crippen LogP contribution in [0.3, 0.4) is 0 Å². The van der Waals surface area contributed by atoms with E-state index < -0.39 is 0 Å². The van der Waals surface area contributed by atoms with Gasteiger partial charge in [0.05, 0.1) is 6.54 Å². The molecule has 1 aliphatic heterocycles. The van der Waals surface area contributed by atoms with E-state index in [4.69, 9.17) is 0 Å². The predicted molar refractivity (Wildman–Crippen MR) is 40.9 cm³/mol. The maximum absolute atomic E-state index is 4.09. The minimum absolute atomic E-state index is 0.833. The van der Waals surface area contributed by atoms with Gasteiger partial charge in [-0.3, -0.25) is 4.99 Å². The highest BCUT2D eigenvalue weighted by Gasteiger charge is 1.91. The van der Waals surface area contributed by atoms with Gasteiger partial charge in [0.2, 0.25) is 0 Å². The summed E-state index contributed by atoms with van der Waals surface area (Å²) in [7, 11) is 0. The molecule has 9 heavy (non-hydrogen) atoms. The van der Waals surface area contributed by atoms with Gasteiger partial charge < -0.3 is 0 Å². The number of rotatable bonds is 0. The van der Waals surface area contributed by atoms with Gasteiger partial charge in [-0.05, 0) is 25.5 Å². The average Bonchev–Trinajstić information content (AvgIpc) is 1.99. The molecule has 1 aliphatic rings. The Bertz CT molecular complexity index is 185. The molecule has 0 unspecified atom stereocenters. The van der Waals surface area contributed by atoms with Crippen LogP contribution in [0.25, 0.3) is 0 Å². The van der Waals surface area contributed by atoms with E-state index in [0.717, 1.165) is 6.54 Å². The van der Waals surface area contributed by atoms with Gasteiger partial charge in [-0.1, -0.05) is 11.6 Å². The molecular weight excluding hydrogens is 110 g/mol. The van der Waals surface area contributed by atoms with Crippen LogP contribution in [0.4, 0.5) is 0 Å². The van der Waals surface area contributed by atoms with Crippen LogP contribution >= 0.6 is 0 Å². The van der Waals surface area contributed by atoms with Crippen molar-refractivity contribution < 1.29 is 0 Å². The van der Waals surface area contributed by atoms with Gasteiger partial charge in [0.15, 0.2) is 0 Å². The molecule has 0 aromatic carbocycles. The molecule has 0 spiro atoms. The normalized spacial score (nSPS) is 18.4. The lowest BCUT2D eigenvalue weighted by atomic mass is 10.1. The van der Waals surface area contributed by atoms with Crippen molar-refractivity contribution in [2.45, 2.75) is 13.8 Å². The smallest absolute Gasteiger partial charge is 0.0575 e. The topological polar surface area (TPSA) is 12.4 Å². The summed E-state index contributed by atoms with van der Waals surface area (Å²) >= 11 is 0. The Labute approximate surface area is 55.8 Å². The summed E-state index contributed by atoms with van der Waals surface area (Å²) in [5, 5.41) is 0. The second-order valence-corrected chi connectivity index (χ2v) is 2.25. The molecule has 1 heterocycles. The quantitative estimate of drug-likeness (QED) is 0.464. The SMILES string of the molecule is CC1=CC=NCC=C1C. The fourth-order valence-electron chi connectivity index (χ4n) is 0.707. The maximum Gasteiger partial charge on any atom is 0.0575 e. The molecule has 0 saturated heterocycles. The number of aliphatic imine (C=N–C) groups is 1. The van der Waals surface area contributed by atoms with Gasteiger partial charge in [-0.15, -0.1) is 0 Å². The minimum Gasteiger partial charge on any atom is -0.289 e. The molecule has 0 fully saturated rings. The van der Waals surface area contributed by atoms with Crippen LogP contribution in [0.15, 0.2) is 28.3 Å². The Morgan fingerprint density at radius 2 is 2.11 bits per heavy atom. The van der Waals surface area contributed by atoms with E-state index in [1.54, 1.807) is 0 Å². The van der Waals surface area contributed by atoms with Crippen LogP contribution in [0, 0.1) is 0 Å². The highest BCUT2D eigenvalue weighted by Crippen LogP contribution is 2.08. The summed E-state index contributed by atoms with van der Waals surface area (Å²) in [6.07, 6.45) is 6.04. The van der Waals surface area contributed by atoms with Gasteiger partial charge in [0.1, 0.15) is 0 Å². The standard InChI is InChI=1S/C8H11N/c1-7-3-5-9-6-4-8(7)2/h3-5H,6H2,1-2H3. The number of hydrogen-bond donors (Lipinski definition) is 0. The third kappa shape index (κ3) is 1.53. The van der Waals surface area contributed by atoms with E-state index in [1.807, 2.05) is 12.3 Å². The molecule has 0 saturated carbocycles. The molecule has 0 amide bonds. The van der Waals surface area contributed by atoms with Crippen LogP contribution in [-0.4, -0.2) is 12.8 Å². The fraction of sp³-hybridized carbons (Fsp3) is 0.375. The molecule has 1 heteroatoms. The molecule has 0 aromatic rings. The first-order valence-electron chi connectivity index (χ1n) is 3.14. The Hall–Kier alpha value is -0.850. The van der Waals surface area contributed by atoms with Gasteiger partial charge in [-0.25, -0.2) is 0 Å². The Kier molecular flexibility index (Phi) is 1.83. The third-order valence-electron chi connectivity index (χ3n) is 1.55. The largest absolute Gasteiger partial charge is 0.289 e. The molecule has 0 radical (unpaired) electrons. The van der Waals surface area contributed by atoms with Gasteiger partial charge >= 0.3 is 0 Å². The zero-order valence-corrected chi connectivity index (χ0v) is 5.89. The highest BCUT2D eigenvalue weighted by molar-refractivity contribution is 5.74. The Morgan fingerprint density at radius 1 is 1.33 bits per heavy atom. The van der Waals surface area contributed by atoms with Crippen LogP contribution < -0.4 is 0 Å². The maximum atomic E-state index is 4.09. The van der Waals surface area contributed by atoms with Crippen molar-refractivity contribution in [2.75, 3.05) is 6.54 Å². The van der Waals surface area contributed by atoms with Gasteiger partial charge in [0, 0.05) is 6.21 Å². The molecule has 1 nitrogen and oxygen atoms in total. The zero-order valence-electron chi connectivity index (χ0n) is 5.89. The van der Waals surface area contributed by atoms with Crippen molar-refractivity contribution in [3.8, 4) is 0 Å². The summed E-state index contributed by atoms with van der Waals surface area (Å²) in [6, 6.07) is 0. The molecule has 48 valence electrons. The van der Waals surface area contributed by atoms with Crippen molar-refractivity contribution in [3.63, 3.8) is 0 Å². The molecule has 0 aromatic heterocycles.